The number of aromatic nitrogens is 1. The zero-order chi connectivity index (χ0) is 14.2. The summed E-state index contributed by atoms with van der Waals surface area (Å²) in [5.41, 5.74) is 1.63. The molecule has 1 aliphatic heterocycles. The van der Waals surface area contributed by atoms with Gasteiger partial charge in [0.2, 0.25) is 0 Å². The van der Waals surface area contributed by atoms with Gasteiger partial charge in [-0.25, -0.2) is 13.2 Å². The number of rotatable bonds is 2. The summed E-state index contributed by atoms with van der Waals surface area (Å²) in [6.07, 6.45) is 2.28. The Labute approximate surface area is 116 Å². The molecular weight excluding hydrogens is 278 g/mol. The Kier molecular flexibility index (Phi) is 3.13. The van der Waals surface area contributed by atoms with E-state index in [1.54, 1.807) is 12.3 Å². The summed E-state index contributed by atoms with van der Waals surface area (Å²) in [6.45, 7) is 0. The van der Waals surface area contributed by atoms with E-state index in [9.17, 15) is 13.2 Å². The molecule has 3 rings (SSSR count). The van der Waals surface area contributed by atoms with Crippen molar-refractivity contribution in [3.05, 3.63) is 30.5 Å². The molecule has 0 radical (unpaired) electrons. The number of urea groups is 1. The van der Waals surface area contributed by atoms with Crippen LogP contribution in [0, 0.1) is 0 Å². The molecule has 2 amide bonds. The van der Waals surface area contributed by atoms with Crippen LogP contribution in [-0.2, 0) is 9.84 Å². The van der Waals surface area contributed by atoms with E-state index in [0.29, 0.717) is 12.1 Å². The zero-order valence-corrected chi connectivity index (χ0v) is 11.5. The van der Waals surface area contributed by atoms with Crippen LogP contribution in [0.25, 0.3) is 10.9 Å². The molecule has 1 atom stereocenters. The first kappa shape index (κ1) is 13.0. The number of carbonyl (C=O) groups is 1. The highest BCUT2D eigenvalue weighted by Gasteiger charge is 2.28. The summed E-state index contributed by atoms with van der Waals surface area (Å²) in [4.78, 5) is 15.0. The van der Waals surface area contributed by atoms with Gasteiger partial charge in [0.25, 0.3) is 0 Å². The average molecular weight is 293 g/mol. The van der Waals surface area contributed by atoms with Gasteiger partial charge in [0.15, 0.2) is 9.84 Å². The molecule has 1 aromatic heterocycles. The number of hydrogen-bond acceptors (Lipinski definition) is 3. The largest absolute Gasteiger partial charge is 0.361 e. The minimum atomic E-state index is -2.99. The van der Waals surface area contributed by atoms with Crippen molar-refractivity contribution in [2.75, 3.05) is 16.8 Å². The SMILES string of the molecule is O=C(Nc1cccc2[nH]ccc12)N[C@H]1CCS(=O)(=O)C1. The smallest absolute Gasteiger partial charge is 0.319 e. The highest BCUT2D eigenvalue weighted by Crippen LogP contribution is 2.22. The van der Waals surface area contributed by atoms with E-state index >= 15 is 0 Å². The van der Waals surface area contributed by atoms with Crippen molar-refractivity contribution in [3.63, 3.8) is 0 Å². The molecule has 0 unspecified atom stereocenters. The number of anilines is 1. The normalized spacial score (nSPS) is 20.9. The number of fused-ring (bicyclic) bond motifs is 1. The van der Waals surface area contributed by atoms with Crippen LogP contribution >= 0.6 is 0 Å². The molecule has 6 nitrogen and oxygen atoms in total. The first-order chi connectivity index (χ1) is 9.53. The van der Waals surface area contributed by atoms with Crippen LogP contribution in [0.5, 0.6) is 0 Å². The van der Waals surface area contributed by atoms with Gasteiger partial charge in [-0.05, 0) is 24.6 Å². The quantitative estimate of drug-likeness (QED) is 0.783. The molecule has 7 heteroatoms. The lowest BCUT2D eigenvalue weighted by atomic mass is 10.2. The van der Waals surface area contributed by atoms with Crippen molar-refractivity contribution >= 4 is 32.5 Å². The summed E-state index contributed by atoms with van der Waals surface area (Å²) in [5, 5.41) is 6.38. The number of amides is 2. The van der Waals surface area contributed by atoms with Crippen molar-refractivity contribution in [1.29, 1.82) is 0 Å². The molecule has 0 aliphatic carbocycles. The number of sulfone groups is 1. The van der Waals surface area contributed by atoms with Crippen molar-refractivity contribution in [2.45, 2.75) is 12.5 Å². The van der Waals surface area contributed by atoms with Gasteiger partial charge < -0.3 is 15.6 Å². The fourth-order valence-corrected chi connectivity index (χ4v) is 4.12. The van der Waals surface area contributed by atoms with Crippen molar-refractivity contribution < 1.29 is 13.2 Å². The number of benzene rings is 1. The highest BCUT2D eigenvalue weighted by atomic mass is 32.2. The maximum absolute atomic E-state index is 11.9. The topological polar surface area (TPSA) is 91.1 Å². The fourth-order valence-electron chi connectivity index (χ4n) is 2.45. The Morgan fingerprint density at radius 3 is 2.90 bits per heavy atom. The third kappa shape index (κ3) is 2.62. The molecule has 0 saturated carbocycles. The predicted molar refractivity (Wildman–Crippen MR) is 77.5 cm³/mol. The molecule has 1 saturated heterocycles. The molecule has 0 bridgehead atoms. The second-order valence-corrected chi connectivity index (χ2v) is 7.17. The number of H-pyrrole nitrogens is 1. The summed E-state index contributed by atoms with van der Waals surface area (Å²) in [5.74, 6) is 0.167. The van der Waals surface area contributed by atoms with E-state index in [0.717, 1.165) is 10.9 Å². The second-order valence-electron chi connectivity index (χ2n) is 4.94. The molecule has 3 N–H and O–H groups in total. The standard InChI is InChI=1S/C13H15N3O3S/c17-13(15-9-5-7-20(18,19)8-9)16-12-3-1-2-11-10(12)4-6-14-11/h1-4,6,9,14H,5,7-8H2,(H2,15,16,17)/t9-/m0/s1. The van der Waals surface area contributed by atoms with Gasteiger partial charge in [-0.15, -0.1) is 0 Å². The van der Waals surface area contributed by atoms with E-state index in [1.165, 1.54) is 0 Å². The Hall–Kier alpha value is -2.02. The van der Waals surface area contributed by atoms with Crippen molar-refractivity contribution in [2.24, 2.45) is 0 Å². The first-order valence-electron chi connectivity index (χ1n) is 6.37. The highest BCUT2D eigenvalue weighted by molar-refractivity contribution is 7.91. The average Bonchev–Trinajstić information content (AvgIpc) is 2.96. The maximum Gasteiger partial charge on any atom is 0.319 e. The third-order valence-corrected chi connectivity index (χ3v) is 5.18. The van der Waals surface area contributed by atoms with Crippen LogP contribution in [0.15, 0.2) is 30.5 Å². The monoisotopic (exact) mass is 293 g/mol. The first-order valence-corrected chi connectivity index (χ1v) is 8.20. The number of nitrogens with one attached hydrogen (secondary N) is 3. The number of aromatic amines is 1. The summed E-state index contributed by atoms with van der Waals surface area (Å²) < 4.78 is 22.7. The van der Waals surface area contributed by atoms with E-state index in [4.69, 9.17) is 0 Å². The minimum absolute atomic E-state index is 0.0226. The number of carbonyl (C=O) groups excluding carboxylic acids is 1. The summed E-state index contributed by atoms with van der Waals surface area (Å²) in [6, 6.07) is 6.77. The van der Waals surface area contributed by atoms with Crippen molar-refractivity contribution in [3.8, 4) is 0 Å². The molecule has 2 aromatic rings. The molecule has 1 fully saturated rings. The van der Waals surface area contributed by atoms with Crippen LogP contribution in [0.2, 0.25) is 0 Å². The minimum Gasteiger partial charge on any atom is -0.361 e. The molecule has 0 spiro atoms. The zero-order valence-electron chi connectivity index (χ0n) is 10.7. The molecular formula is C13H15N3O3S. The Morgan fingerprint density at radius 1 is 1.30 bits per heavy atom. The van der Waals surface area contributed by atoms with Crippen molar-refractivity contribution in [1.82, 2.24) is 10.3 Å². The second kappa shape index (κ2) is 4.82. The summed E-state index contributed by atoms with van der Waals surface area (Å²) in [7, 11) is -2.99. The molecule has 20 heavy (non-hydrogen) atoms. The van der Waals surface area contributed by atoms with Crippen LogP contribution in [-0.4, -0.2) is 37.0 Å². The summed E-state index contributed by atoms with van der Waals surface area (Å²) >= 11 is 0. The van der Waals surface area contributed by atoms with Gasteiger partial charge in [0.1, 0.15) is 0 Å². The lowest BCUT2D eigenvalue weighted by Gasteiger charge is -2.12. The molecule has 2 heterocycles. The molecule has 1 aromatic carbocycles. The van der Waals surface area contributed by atoms with Crippen LogP contribution < -0.4 is 10.6 Å². The van der Waals surface area contributed by atoms with Gasteiger partial charge >= 0.3 is 6.03 Å². The lowest BCUT2D eigenvalue weighted by molar-refractivity contribution is 0.249. The third-order valence-electron chi connectivity index (χ3n) is 3.41. The van der Waals surface area contributed by atoms with Gasteiger partial charge in [-0.1, -0.05) is 6.07 Å². The van der Waals surface area contributed by atoms with Gasteiger partial charge in [0.05, 0.1) is 17.2 Å². The number of hydrogen-bond donors (Lipinski definition) is 3. The van der Waals surface area contributed by atoms with E-state index in [2.05, 4.69) is 15.6 Å². The van der Waals surface area contributed by atoms with E-state index in [1.807, 2.05) is 18.2 Å². The van der Waals surface area contributed by atoms with Crippen LogP contribution in [0.1, 0.15) is 6.42 Å². The van der Waals surface area contributed by atoms with E-state index in [-0.39, 0.29) is 23.6 Å². The van der Waals surface area contributed by atoms with Gasteiger partial charge in [-0.3, -0.25) is 0 Å². The fraction of sp³-hybridized carbons (Fsp3) is 0.308. The molecule has 1 aliphatic rings. The predicted octanol–water partition coefficient (Wildman–Crippen LogP) is 1.48. The van der Waals surface area contributed by atoms with Crippen LogP contribution in [0.4, 0.5) is 10.5 Å². The Balaban J connectivity index is 1.69. The van der Waals surface area contributed by atoms with Gasteiger partial charge in [0, 0.05) is 23.1 Å². The Morgan fingerprint density at radius 2 is 2.15 bits per heavy atom. The van der Waals surface area contributed by atoms with Crippen LogP contribution in [0.3, 0.4) is 0 Å². The maximum atomic E-state index is 11.9. The molecule has 106 valence electrons. The van der Waals surface area contributed by atoms with E-state index < -0.39 is 9.84 Å². The Bertz CT molecular complexity index is 751. The van der Waals surface area contributed by atoms with Gasteiger partial charge in [-0.2, -0.15) is 0 Å². The lowest BCUT2D eigenvalue weighted by Crippen LogP contribution is -2.38.